The standard InChI is InChI=1S/C41H49N3O6S2/c1-29-11-9-10-14-35(29)37-25-31(17-20-36(37)40(46)43-38(22-24-52-5)41(47)48-2)27-44(34-12-7-6-8-13-34)26-30-15-18-32(19-16-30)39(45)42-33(21-23-51-4)28-50-49-3/h6-20,25,33,38H,21-24,26-28H2,1-5H3,(H,42,45)(H,43,46)/t33-,38-/m0/s1. The first-order valence-corrected chi connectivity index (χ1v) is 20.0. The molecule has 0 aliphatic rings. The van der Waals surface area contributed by atoms with Crippen LogP contribution in [0.3, 0.4) is 0 Å². The zero-order valence-corrected chi connectivity index (χ0v) is 32.2. The van der Waals surface area contributed by atoms with E-state index < -0.39 is 12.0 Å². The molecular weight excluding hydrogens is 695 g/mol. The van der Waals surface area contributed by atoms with Crippen molar-refractivity contribution in [3.8, 4) is 11.1 Å². The van der Waals surface area contributed by atoms with Crippen molar-refractivity contribution >= 4 is 47.0 Å². The monoisotopic (exact) mass is 743 g/mol. The molecule has 2 N–H and O–H groups in total. The van der Waals surface area contributed by atoms with Gasteiger partial charge in [-0.05, 0) is 108 Å². The summed E-state index contributed by atoms with van der Waals surface area (Å²) in [5.41, 5.74) is 6.91. The molecule has 2 amide bonds. The molecule has 2 atom stereocenters. The number of para-hydroxylation sites is 1. The molecule has 0 radical (unpaired) electrons. The van der Waals surface area contributed by atoms with E-state index in [0.717, 1.165) is 45.7 Å². The summed E-state index contributed by atoms with van der Waals surface area (Å²) >= 11 is 3.32. The fraction of sp³-hybridized carbons (Fsp3) is 0.341. The summed E-state index contributed by atoms with van der Waals surface area (Å²) in [6, 6.07) is 30.8. The highest BCUT2D eigenvalue weighted by molar-refractivity contribution is 7.98. The number of carbonyl (C=O) groups is 3. The van der Waals surface area contributed by atoms with E-state index in [-0.39, 0.29) is 24.5 Å². The van der Waals surface area contributed by atoms with Gasteiger partial charge >= 0.3 is 5.97 Å². The Kier molecular flexibility index (Phi) is 16.6. The largest absolute Gasteiger partial charge is 0.467 e. The normalized spacial score (nSPS) is 12.1. The van der Waals surface area contributed by atoms with Crippen LogP contribution in [0.1, 0.15) is 50.2 Å². The zero-order chi connectivity index (χ0) is 37.3. The number of aryl methyl sites for hydroxylation is 1. The number of benzene rings is 4. The Labute approximate surface area is 316 Å². The van der Waals surface area contributed by atoms with Gasteiger partial charge in [0.2, 0.25) is 0 Å². The fourth-order valence-electron chi connectivity index (χ4n) is 5.80. The summed E-state index contributed by atoms with van der Waals surface area (Å²) in [5, 5.41) is 5.99. The molecule has 276 valence electrons. The van der Waals surface area contributed by atoms with Crippen LogP contribution in [0.4, 0.5) is 5.69 Å². The third-order valence-electron chi connectivity index (χ3n) is 8.64. The van der Waals surface area contributed by atoms with Crippen molar-refractivity contribution in [1.29, 1.82) is 0 Å². The summed E-state index contributed by atoms with van der Waals surface area (Å²) in [7, 11) is 2.79. The first-order valence-electron chi connectivity index (χ1n) is 17.2. The Morgan fingerprint density at radius 3 is 2.06 bits per heavy atom. The summed E-state index contributed by atoms with van der Waals surface area (Å²) in [4.78, 5) is 51.6. The van der Waals surface area contributed by atoms with Gasteiger partial charge in [0.25, 0.3) is 11.8 Å². The van der Waals surface area contributed by atoms with E-state index in [1.54, 1.807) is 23.5 Å². The molecule has 52 heavy (non-hydrogen) atoms. The maximum absolute atomic E-state index is 13.8. The number of anilines is 1. The topological polar surface area (TPSA) is 106 Å². The Balaban J connectivity index is 1.60. The lowest BCUT2D eigenvalue weighted by Gasteiger charge is -2.26. The van der Waals surface area contributed by atoms with E-state index in [2.05, 4.69) is 33.7 Å². The maximum atomic E-state index is 13.8. The van der Waals surface area contributed by atoms with Gasteiger partial charge in [-0.1, -0.05) is 60.7 Å². The second-order valence-electron chi connectivity index (χ2n) is 12.3. The molecule has 0 saturated heterocycles. The Bertz CT molecular complexity index is 1730. The minimum absolute atomic E-state index is 0.160. The lowest BCUT2D eigenvalue weighted by Crippen LogP contribution is -2.42. The number of nitrogens with one attached hydrogen (secondary N) is 2. The van der Waals surface area contributed by atoms with Gasteiger partial charge in [-0.25, -0.2) is 14.6 Å². The van der Waals surface area contributed by atoms with Gasteiger partial charge in [0, 0.05) is 29.9 Å². The summed E-state index contributed by atoms with van der Waals surface area (Å²) in [6.07, 6.45) is 5.23. The molecule has 9 nitrogen and oxygen atoms in total. The van der Waals surface area contributed by atoms with Crippen molar-refractivity contribution < 1.29 is 28.9 Å². The molecule has 4 aromatic carbocycles. The lowest BCUT2D eigenvalue weighted by atomic mass is 9.93. The highest BCUT2D eigenvalue weighted by Crippen LogP contribution is 2.30. The fourth-order valence-corrected chi connectivity index (χ4v) is 6.80. The quantitative estimate of drug-likeness (QED) is 0.0547. The van der Waals surface area contributed by atoms with Gasteiger partial charge in [-0.3, -0.25) is 9.59 Å². The molecule has 4 rings (SSSR count). The first kappa shape index (κ1) is 40.5. The van der Waals surface area contributed by atoms with Crippen molar-refractivity contribution in [3.05, 3.63) is 125 Å². The van der Waals surface area contributed by atoms with Crippen molar-refractivity contribution in [2.45, 2.75) is 44.9 Å². The van der Waals surface area contributed by atoms with Crippen LogP contribution < -0.4 is 15.5 Å². The molecule has 0 saturated carbocycles. The minimum atomic E-state index is -0.744. The number of thioether (sulfide) groups is 2. The molecule has 0 fully saturated rings. The molecule has 4 aromatic rings. The van der Waals surface area contributed by atoms with E-state index in [1.165, 1.54) is 14.2 Å². The van der Waals surface area contributed by atoms with E-state index >= 15 is 0 Å². The van der Waals surface area contributed by atoms with Crippen LogP contribution >= 0.6 is 23.5 Å². The highest BCUT2D eigenvalue weighted by atomic mass is 32.2. The van der Waals surface area contributed by atoms with Gasteiger partial charge in [-0.15, -0.1) is 0 Å². The number of amides is 2. The van der Waals surface area contributed by atoms with Crippen LogP contribution in [0.5, 0.6) is 0 Å². The van der Waals surface area contributed by atoms with Crippen LogP contribution in [-0.4, -0.2) is 74.7 Å². The maximum Gasteiger partial charge on any atom is 0.328 e. The van der Waals surface area contributed by atoms with E-state index in [4.69, 9.17) is 14.5 Å². The number of esters is 1. The Morgan fingerprint density at radius 2 is 1.38 bits per heavy atom. The molecule has 0 heterocycles. The minimum Gasteiger partial charge on any atom is -0.467 e. The lowest BCUT2D eigenvalue weighted by molar-refractivity contribution is -0.275. The Hall–Kier alpha value is -4.29. The number of rotatable bonds is 20. The van der Waals surface area contributed by atoms with Crippen LogP contribution in [0, 0.1) is 6.92 Å². The van der Waals surface area contributed by atoms with Crippen molar-refractivity contribution in [3.63, 3.8) is 0 Å². The van der Waals surface area contributed by atoms with Gasteiger partial charge in [0.15, 0.2) is 0 Å². The molecule has 0 bridgehead atoms. The van der Waals surface area contributed by atoms with Crippen molar-refractivity contribution in [1.82, 2.24) is 10.6 Å². The number of ether oxygens (including phenoxy) is 1. The third kappa shape index (κ3) is 11.9. The summed E-state index contributed by atoms with van der Waals surface area (Å²) in [6.45, 7) is 3.44. The van der Waals surface area contributed by atoms with Crippen LogP contribution in [0.25, 0.3) is 11.1 Å². The molecule has 0 aliphatic heterocycles. The van der Waals surface area contributed by atoms with Crippen LogP contribution in [0.15, 0.2) is 97.1 Å². The van der Waals surface area contributed by atoms with E-state index in [1.807, 2.05) is 98.3 Å². The third-order valence-corrected chi connectivity index (χ3v) is 9.93. The number of methoxy groups -OCH3 is 1. The van der Waals surface area contributed by atoms with Gasteiger partial charge in [0.05, 0.1) is 20.3 Å². The van der Waals surface area contributed by atoms with Gasteiger partial charge in [-0.2, -0.15) is 23.5 Å². The van der Waals surface area contributed by atoms with Gasteiger partial charge < -0.3 is 20.3 Å². The van der Waals surface area contributed by atoms with Crippen molar-refractivity contribution in [2.24, 2.45) is 0 Å². The number of carbonyl (C=O) groups excluding carboxylic acids is 3. The second-order valence-corrected chi connectivity index (χ2v) is 14.3. The first-order chi connectivity index (χ1) is 25.3. The summed E-state index contributed by atoms with van der Waals surface area (Å²) < 4.78 is 5.00. The highest BCUT2D eigenvalue weighted by Gasteiger charge is 2.24. The number of hydrogen-bond donors (Lipinski definition) is 2. The van der Waals surface area contributed by atoms with Crippen molar-refractivity contribution in [2.75, 3.05) is 49.7 Å². The van der Waals surface area contributed by atoms with Crippen LogP contribution in [0.2, 0.25) is 0 Å². The predicted molar refractivity (Wildman–Crippen MR) is 213 cm³/mol. The smallest absolute Gasteiger partial charge is 0.328 e. The number of hydrogen-bond acceptors (Lipinski definition) is 9. The summed E-state index contributed by atoms with van der Waals surface area (Å²) in [5.74, 6) is 0.649. The Morgan fingerprint density at radius 1 is 0.731 bits per heavy atom. The molecule has 0 aliphatic carbocycles. The molecule has 0 spiro atoms. The average Bonchev–Trinajstić information content (AvgIpc) is 3.17. The average molecular weight is 744 g/mol. The molecule has 11 heteroatoms. The van der Waals surface area contributed by atoms with Crippen LogP contribution in [-0.2, 0) is 32.4 Å². The SMILES string of the molecule is COOC[C@H](CCSC)NC(=O)c1ccc(CN(Cc2ccc(C(=O)N[C@@H](CCSC)C(=O)OC)c(-c3ccccc3C)c2)c2ccccc2)cc1. The molecule has 0 unspecified atom stereocenters. The van der Waals surface area contributed by atoms with E-state index in [9.17, 15) is 14.4 Å². The zero-order valence-electron chi connectivity index (χ0n) is 30.6. The van der Waals surface area contributed by atoms with Gasteiger partial charge in [0.1, 0.15) is 12.6 Å². The van der Waals surface area contributed by atoms with E-state index in [0.29, 0.717) is 36.4 Å². The predicted octanol–water partition coefficient (Wildman–Crippen LogP) is 7.32. The number of nitrogens with zero attached hydrogens (tertiary/aromatic N) is 1. The second kappa shape index (κ2) is 21.3. The molecular formula is C41H49N3O6S2. The molecule has 0 aromatic heterocycles.